The molecule has 1 N–H and O–H groups in total. The molecule has 2 aliphatic rings. The summed E-state index contributed by atoms with van der Waals surface area (Å²) in [6, 6.07) is 11.4. The van der Waals surface area contributed by atoms with Crippen molar-refractivity contribution in [1.82, 2.24) is 14.9 Å². The molecule has 2 aliphatic heterocycles. The van der Waals surface area contributed by atoms with Crippen LogP contribution in [-0.4, -0.2) is 52.1 Å². The molecule has 0 radical (unpaired) electrons. The van der Waals surface area contributed by atoms with Crippen molar-refractivity contribution >= 4 is 22.6 Å². The van der Waals surface area contributed by atoms with Gasteiger partial charge in [0.2, 0.25) is 5.91 Å². The predicted octanol–water partition coefficient (Wildman–Crippen LogP) is 4.37. The standard InChI is InChI=1S/C25H27FN4O2/c26-18-8-9-21-20(16-18)24(28-23(27-21)19-6-2-3-7-22(19)31)29-14-10-17(11-15-29)25(32)30-12-4-1-5-13-30/h2-3,6-9,16-17,31H,1,4-5,10-15H2. The van der Waals surface area contributed by atoms with Crippen molar-refractivity contribution in [2.45, 2.75) is 32.1 Å². The maximum atomic E-state index is 14.1. The number of fused-ring (bicyclic) bond motifs is 1. The van der Waals surface area contributed by atoms with Crippen molar-refractivity contribution in [2.75, 3.05) is 31.1 Å². The fraction of sp³-hybridized carbons (Fsp3) is 0.400. The summed E-state index contributed by atoms with van der Waals surface area (Å²) < 4.78 is 14.1. The van der Waals surface area contributed by atoms with Crippen LogP contribution < -0.4 is 4.90 Å². The molecule has 0 spiro atoms. The highest BCUT2D eigenvalue weighted by Crippen LogP contribution is 2.34. The first kappa shape index (κ1) is 20.7. The minimum Gasteiger partial charge on any atom is -0.507 e. The Balaban J connectivity index is 1.44. The van der Waals surface area contributed by atoms with Crippen LogP contribution in [0.4, 0.5) is 10.2 Å². The average Bonchev–Trinajstić information content (AvgIpc) is 2.84. The Morgan fingerprint density at radius 1 is 0.969 bits per heavy atom. The van der Waals surface area contributed by atoms with Gasteiger partial charge >= 0.3 is 0 Å². The number of rotatable bonds is 3. The number of anilines is 1. The van der Waals surface area contributed by atoms with E-state index in [1.807, 2.05) is 11.0 Å². The second-order valence-electron chi connectivity index (χ2n) is 8.70. The number of halogens is 1. The van der Waals surface area contributed by atoms with Crippen LogP contribution in [0.3, 0.4) is 0 Å². The van der Waals surface area contributed by atoms with E-state index >= 15 is 0 Å². The van der Waals surface area contributed by atoms with Gasteiger partial charge in [-0.15, -0.1) is 0 Å². The third-order valence-electron chi connectivity index (χ3n) is 6.59. The Bertz CT molecular complexity index is 1140. The highest BCUT2D eigenvalue weighted by Gasteiger charge is 2.30. The Morgan fingerprint density at radius 3 is 2.47 bits per heavy atom. The van der Waals surface area contributed by atoms with Crippen molar-refractivity contribution in [1.29, 1.82) is 0 Å². The Morgan fingerprint density at radius 2 is 1.72 bits per heavy atom. The second-order valence-corrected chi connectivity index (χ2v) is 8.70. The number of benzene rings is 2. The number of aromatic nitrogens is 2. The Labute approximate surface area is 186 Å². The van der Waals surface area contributed by atoms with Gasteiger partial charge in [-0.1, -0.05) is 12.1 Å². The van der Waals surface area contributed by atoms with Crippen LogP contribution in [-0.2, 0) is 4.79 Å². The Hall–Kier alpha value is -3.22. The number of amides is 1. The minimum absolute atomic E-state index is 0.0341. The molecule has 1 amide bonds. The molecule has 0 saturated carbocycles. The number of piperidine rings is 2. The lowest BCUT2D eigenvalue weighted by Gasteiger charge is -2.36. The smallest absolute Gasteiger partial charge is 0.225 e. The molecule has 32 heavy (non-hydrogen) atoms. The minimum atomic E-state index is -0.340. The third kappa shape index (κ3) is 3.99. The summed E-state index contributed by atoms with van der Waals surface area (Å²) in [6.45, 7) is 3.10. The van der Waals surface area contributed by atoms with Gasteiger partial charge in [0.25, 0.3) is 0 Å². The molecule has 3 aromatic rings. The maximum Gasteiger partial charge on any atom is 0.225 e. The number of para-hydroxylation sites is 1. The third-order valence-corrected chi connectivity index (χ3v) is 6.59. The van der Waals surface area contributed by atoms with Crippen LogP contribution in [0.15, 0.2) is 42.5 Å². The molecule has 3 heterocycles. The molecular weight excluding hydrogens is 407 g/mol. The fourth-order valence-corrected chi connectivity index (χ4v) is 4.82. The van der Waals surface area contributed by atoms with E-state index in [9.17, 15) is 14.3 Å². The summed E-state index contributed by atoms with van der Waals surface area (Å²) >= 11 is 0. The summed E-state index contributed by atoms with van der Waals surface area (Å²) in [5, 5.41) is 10.9. The molecule has 0 bridgehead atoms. The zero-order valence-corrected chi connectivity index (χ0v) is 18.0. The topological polar surface area (TPSA) is 69.6 Å². The van der Waals surface area contributed by atoms with Gasteiger partial charge in [-0.05, 0) is 62.4 Å². The largest absolute Gasteiger partial charge is 0.507 e. The van der Waals surface area contributed by atoms with Crippen LogP contribution in [0.5, 0.6) is 5.75 Å². The molecule has 7 heteroatoms. The lowest BCUT2D eigenvalue weighted by Crippen LogP contribution is -2.44. The van der Waals surface area contributed by atoms with Gasteiger partial charge in [-0.2, -0.15) is 0 Å². The number of hydrogen-bond acceptors (Lipinski definition) is 5. The molecule has 6 nitrogen and oxygen atoms in total. The second kappa shape index (κ2) is 8.73. The number of hydrogen-bond donors (Lipinski definition) is 1. The van der Waals surface area contributed by atoms with Crippen molar-refractivity contribution in [2.24, 2.45) is 5.92 Å². The number of nitrogens with zero attached hydrogens (tertiary/aromatic N) is 4. The average molecular weight is 435 g/mol. The molecule has 0 unspecified atom stereocenters. The Kier molecular flexibility index (Phi) is 5.64. The van der Waals surface area contributed by atoms with E-state index in [-0.39, 0.29) is 23.4 Å². The molecule has 0 aliphatic carbocycles. The number of phenolic OH excluding ortho intramolecular Hbond substituents is 1. The highest BCUT2D eigenvalue weighted by molar-refractivity contribution is 5.91. The first-order valence-electron chi connectivity index (χ1n) is 11.4. The van der Waals surface area contributed by atoms with E-state index in [1.54, 1.807) is 24.3 Å². The summed E-state index contributed by atoms with van der Waals surface area (Å²) in [6.07, 6.45) is 4.90. The highest BCUT2D eigenvalue weighted by atomic mass is 19.1. The van der Waals surface area contributed by atoms with Gasteiger partial charge in [0.15, 0.2) is 5.82 Å². The monoisotopic (exact) mass is 434 g/mol. The van der Waals surface area contributed by atoms with Gasteiger partial charge in [0, 0.05) is 37.5 Å². The van der Waals surface area contributed by atoms with E-state index in [0.717, 1.165) is 38.8 Å². The number of carbonyl (C=O) groups is 1. The van der Waals surface area contributed by atoms with Crippen LogP contribution in [0.25, 0.3) is 22.3 Å². The summed E-state index contributed by atoms with van der Waals surface area (Å²) in [5.74, 6) is 1.13. The van der Waals surface area contributed by atoms with Crippen LogP contribution in [0.2, 0.25) is 0 Å². The van der Waals surface area contributed by atoms with E-state index in [2.05, 4.69) is 9.88 Å². The van der Waals surface area contributed by atoms with E-state index < -0.39 is 0 Å². The van der Waals surface area contributed by atoms with Gasteiger partial charge in [0.1, 0.15) is 17.4 Å². The molecule has 2 fully saturated rings. The first-order chi connectivity index (χ1) is 15.6. The fourth-order valence-electron chi connectivity index (χ4n) is 4.82. The number of aromatic hydroxyl groups is 1. The van der Waals surface area contributed by atoms with Crippen molar-refractivity contribution in [3.8, 4) is 17.1 Å². The number of phenols is 1. The zero-order valence-electron chi connectivity index (χ0n) is 18.0. The molecule has 0 atom stereocenters. The van der Waals surface area contributed by atoms with Gasteiger partial charge in [-0.25, -0.2) is 14.4 Å². The lowest BCUT2D eigenvalue weighted by molar-refractivity contribution is -0.137. The summed E-state index contributed by atoms with van der Waals surface area (Å²) in [7, 11) is 0. The number of carbonyl (C=O) groups excluding carboxylic acids is 1. The van der Waals surface area contributed by atoms with Crippen molar-refractivity contribution in [3.05, 3.63) is 48.3 Å². The van der Waals surface area contributed by atoms with Crippen LogP contribution >= 0.6 is 0 Å². The molecule has 1 aromatic heterocycles. The SMILES string of the molecule is O=C(C1CCN(c2nc(-c3ccccc3O)nc3ccc(F)cc23)CC1)N1CCCCC1. The summed E-state index contributed by atoms with van der Waals surface area (Å²) in [4.78, 5) is 26.4. The van der Waals surface area contributed by atoms with Crippen LogP contribution in [0.1, 0.15) is 32.1 Å². The quantitative estimate of drug-likeness (QED) is 0.663. The van der Waals surface area contributed by atoms with Gasteiger partial charge < -0.3 is 14.9 Å². The van der Waals surface area contributed by atoms with Crippen LogP contribution in [0, 0.1) is 11.7 Å². The first-order valence-corrected chi connectivity index (χ1v) is 11.4. The number of likely N-dealkylation sites (tertiary alicyclic amines) is 1. The predicted molar refractivity (Wildman–Crippen MR) is 122 cm³/mol. The van der Waals surface area contributed by atoms with E-state index in [0.29, 0.717) is 41.2 Å². The van der Waals surface area contributed by atoms with Crippen molar-refractivity contribution < 1.29 is 14.3 Å². The van der Waals surface area contributed by atoms with E-state index in [4.69, 9.17) is 4.98 Å². The normalized spacial score (nSPS) is 17.7. The van der Waals surface area contributed by atoms with Crippen molar-refractivity contribution in [3.63, 3.8) is 0 Å². The van der Waals surface area contributed by atoms with E-state index in [1.165, 1.54) is 18.6 Å². The molecular formula is C25H27FN4O2. The molecule has 5 rings (SSSR count). The molecule has 2 aromatic carbocycles. The van der Waals surface area contributed by atoms with Gasteiger partial charge in [0.05, 0.1) is 11.1 Å². The van der Waals surface area contributed by atoms with Gasteiger partial charge in [-0.3, -0.25) is 4.79 Å². The summed E-state index contributed by atoms with van der Waals surface area (Å²) in [5.41, 5.74) is 1.16. The molecule has 2 saturated heterocycles. The zero-order chi connectivity index (χ0) is 22.1. The molecule has 166 valence electrons. The lowest BCUT2D eigenvalue weighted by atomic mass is 9.94. The maximum absolute atomic E-state index is 14.1.